The van der Waals surface area contributed by atoms with Gasteiger partial charge in [0, 0.05) is 49.2 Å². The van der Waals surface area contributed by atoms with Crippen molar-refractivity contribution in [3.63, 3.8) is 0 Å². The normalized spacial score (nSPS) is 19.0. The lowest BCUT2D eigenvalue weighted by Gasteiger charge is -2.40. The molecule has 0 saturated carbocycles. The van der Waals surface area contributed by atoms with Crippen LogP contribution < -0.4 is 4.90 Å². The van der Waals surface area contributed by atoms with Crippen molar-refractivity contribution in [2.45, 2.75) is 19.3 Å². The largest absolute Gasteiger partial charge is 0.356 e. The zero-order valence-corrected chi connectivity index (χ0v) is 16.5. The van der Waals surface area contributed by atoms with Gasteiger partial charge in [0.25, 0.3) is 0 Å². The van der Waals surface area contributed by atoms with Crippen LogP contribution in [-0.4, -0.2) is 58.1 Å². The fourth-order valence-corrected chi connectivity index (χ4v) is 4.75. The Morgan fingerprint density at radius 2 is 1.76 bits per heavy atom. The summed E-state index contributed by atoms with van der Waals surface area (Å²) in [6.45, 7) is 4.33. The Balaban J connectivity index is 1.57. The van der Waals surface area contributed by atoms with Gasteiger partial charge in [0.1, 0.15) is 17.4 Å². The van der Waals surface area contributed by atoms with Crippen molar-refractivity contribution >= 4 is 16.7 Å². The number of hydrogen-bond donors (Lipinski definition) is 0. The van der Waals surface area contributed by atoms with E-state index in [2.05, 4.69) is 32.9 Å². The molecular weight excluding hydrogens is 362 g/mol. The molecule has 3 aromatic rings. The van der Waals surface area contributed by atoms with Gasteiger partial charge in [0.2, 0.25) is 0 Å². The van der Waals surface area contributed by atoms with Gasteiger partial charge in [-0.25, -0.2) is 15.0 Å². The van der Waals surface area contributed by atoms with Gasteiger partial charge in [-0.05, 0) is 56.5 Å². The van der Waals surface area contributed by atoms with Crippen LogP contribution in [0.15, 0.2) is 36.8 Å². The van der Waals surface area contributed by atoms with Crippen LogP contribution in [0.25, 0.3) is 22.3 Å². The van der Waals surface area contributed by atoms with Crippen molar-refractivity contribution in [2.75, 3.05) is 38.1 Å². The number of aromatic nitrogens is 4. The Morgan fingerprint density at radius 1 is 1.00 bits per heavy atom. The second-order valence-corrected chi connectivity index (χ2v) is 8.25. The first-order chi connectivity index (χ1) is 14.2. The molecule has 0 aromatic carbocycles. The smallest absolute Gasteiger partial charge is 0.166 e. The molecule has 7 heteroatoms. The number of rotatable bonds is 2. The number of nitriles is 1. The minimum atomic E-state index is 0.340. The first-order valence-corrected chi connectivity index (χ1v) is 10.1. The van der Waals surface area contributed by atoms with Gasteiger partial charge in [-0.2, -0.15) is 5.26 Å². The second kappa shape index (κ2) is 7.05. The van der Waals surface area contributed by atoms with Gasteiger partial charge >= 0.3 is 0 Å². The summed E-state index contributed by atoms with van der Waals surface area (Å²) in [6.07, 6.45) is 8.77. The third kappa shape index (κ3) is 3.19. The Bertz CT molecular complexity index is 1080. The Hall–Kier alpha value is -3.11. The molecule has 7 nitrogen and oxygen atoms in total. The molecule has 0 atom stereocenters. The van der Waals surface area contributed by atoms with Crippen molar-refractivity contribution in [1.29, 1.82) is 5.26 Å². The zero-order valence-electron chi connectivity index (χ0n) is 16.5. The fourth-order valence-electron chi connectivity index (χ4n) is 4.75. The van der Waals surface area contributed by atoms with E-state index in [0.717, 1.165) is 29.9 Å². The van der Waals surface area contributed by atoms with Gasteiger partial charge in [0.05, 0.1) is 0 Å². The molecule has 29 heavy (non-hydrogen) atoms. The van der Waals surface area contributed by atoms with Crippen LogP contribution in [0.5, 0.6) is 0 Å². The summed E-state index contributed by atoms with van der Waals surface area (Å²) in [5.41, 5.74) is 2.29. The lowest BCUT2D eigenvalue weighted by Crippen LogP contribution is -2.41. The van der Waals surface area contributed by atoms with E-state index in [-0.39, 0.29) is 0 Å². The van der Waals surface area contributed by atoms with E-state index in [0.29, 0.717) is 22.5 Å². The van der Waals surface area contributed by atoms with Crippen molar-refractivity contribution in [3.8, 4) is 17.5 Å². The molecule has 5 heterocycles. The summed E-state index contributed by atoms with van der Waals surface area (Å²) in [4.78, 5) is 22.8. The van der Waals surface area contributed by atoms with E-state index < -0.39 is 0 Å². The number of pyridine rings is 2. The molecule has 2 saturated heterocycles. The lowest BCUT2D eigenvalue weighted by molar-refractivity contribution is 0.222. The summed E-state index contributed by atoms with van der Waals surface area (Å²) in [5.74, 6) is 1.52. The van der Waals surface area contributed by atoms with Gasteiger partial charge in [-0.3, -0.25) is 4.98 Å². The highest BCUT2D eigenvalue weighted by Gasteiger charge is 2.39. The highest BCUT2D eigenvalue weighted by atomic mass is 15.2. The van der Waals surface area contributed by atoms with E-state index >= 15 is 0 Å². The van der Waals surface area contributed by atoms with Crippen LogP contribution in [0, 0.1) is 16.7 Å². The summed E-state index contributed by atoms with van der Waals surface area (Å²) in [6, 6.07) is 7.90. The molecule has 3 aromatic heterocycles. The van der Waals surface area contributed by atoms with E-state index in [4.69, 9.17) is 9.97 Å². The molecule has 0 radical (unpaired) electrons. The van der Waals surface area contributed by atoms with Crippen molar-refractivity contribution in [3.05, 3.63) is 42.5 Å². The highest BCUT2D eigenvalue weighted by molar-refractivity contribution is 5.93. The number of nitrogens with zero attached hydrogens (tertiary/aromatic N) is 7. The number of fused-ring (bicyclic) bond motifs is 1. The molecule has 0 bridgehead atoms. The Morgan fingerprint density at radius 3 is 2.45 bits per heavy atom. The topological polar surface area (TPSA) is 81.8 Å². The Labute approximate surface area is 170 Å². The molecule has 0 amide bonds. The van der Waals surface area contributed by atoms with Gasteiger partial charge < -0.3 is 9.80 Å². The molecule has 2 aliphatic heterocycles. The highest BCUT2D eigenvalue weighted by Crippen LogP contribution is 2.41. The minimum absolute atomic E-state index is 0.340. The molecular formula is C22H23N7. The second-order valence-electron chi connectivity index (χ2n) is 8.25. The minimum Gasteiger partial charge on any atom is -0.356 e. The third-order valence-electron chi connectivity index (χ3n) is 6.39. The first-order valence-electron chi connectivity index (χ1n) is 10.1. The summed E-state index contributed by atoms with van der Waals surface area (Å²) in [7, 11) is 2.22. The molecule has 1 spiro atoms. The maximum atomic E-state index is 9.56. The molecule has 2 aliphatic rings. The number of likely N-dealkylation sites (tertiary alicyclic amines) is 1. The van der Waals surface area contributed by atoms with Crippen LogP contribution in [0.1, 0.15) is 25.0 Å². The molecule has 146 valence electrons. The van der Waals surface area contributed by atoms with Crippen LogP contribution >= 0.6 is 0 Å². The fraction of sp³-hybridized carbons (Fsp3) is 0.409. The number of piperidine rings is 1. The van der Waals surface area contributed by atoms with E-state index in [9.17, 15) is 5.26 Å². The predicted molar refractivity (Wildman–Crippen MR) is 111 cm³/mol. The average molecular weight is 385 g/mol. The van der Waals surface area contributed by atoms with Crippen molar-refractivity contribution < 1.29 is 0 Å². The van der Waals surface area contributed by atoms with Crippen LogP contribution in [0.4, 0.5) is 5.82 Å². The van der Waals surface area contributed by atoms with E-state index in [1.54, 1.807) is 18.6 Å². The lowest BCUT2D eigenvalue weighted by atomic mass is 9.78. The molecule has 0 N–H and O–H groups in total. The number of anilines is 1. The monoisotopic (exact) mass is 385 g/mol. The van der Waals surface area contributed by atoms with Gasteiger partial charge in [-0.1, -0.05) is 0 Å². The zero-order chi connectivity index (χ0) is 19.8. The van der Waals surface area contributed by atoms with Crippen LogP contribution in [-0.2, 0) is 0 Å². The number of hydrogen-bond acceptors (Lipinski definition) is 7. The van der Waals surface area contributed by atoms with Gasteiger partial charge in [-0.15, -0.1) is 0 Å². The van der Waals surface area contributed by atoms with E-state index in [1.165, 1.54) is 32.4 Å². The molecule has 5 rings (SSSR count). The molecule has 2 fully saturated rings. The van der Waals surface area contributed by atoms with Gasteiger partial charge in [0.15, 0.2) is 11.5 Å². The Kier molecular flexibility index (Phi) is 4.36. The van der Waals surface area contributed by atoms with Crippen LogP contribution in [0.2, 0.25) is 0 Å². The summed E-state index contributed by atoms with van der Waals surface area (Å²) in [5, 5.41) is 10.5. The average Bonchev–Trinajstić information content (AvgIpc) is 3.13. The summed E-state index contributed by atoms with van der Waals surface area (Å²) < 4.78 is 0. The predicted octanol–water partition coefficient (Wildman–Crippen LogP) is 2.88. The molecule has 0 aliphatic carbocycles. The SMILES string of the molecule is CN1CCC2(CCN(c3nc(-c4ccncc4)nc4c(C#N)nccc34)CC2)C1. The first kappa shape index (κ1) is 18.0. The van der Waals surface area contributed by atoms with Crippen molar-refractivity contribution in [2.24, 2.45) is 5.41 Å². The van der Waals surface area contributed by atoms with E-state index in [1.807, 2.05) is 18.2 Å². The maximum Gasteiger partial charge on any atom is 0.166 e. The third-order valence-corrected chi connectivity index (χ3v) is 6.39. The van der Waals surface area contributed by atoms with Crippen LogP contribution in [0.3, 0.4) is 0 Å². The molecule has 0 unspecified atom stereocenters. The quantitative estimate of drug-likeness (QED) is 0.671. The summed E-state index contributed by atoms with van der Waals surface area (Å²) >= 11 is 0. The maximum absolute atomic E-state index is 9.56. The standard InChI is InChI=1S/C22H23N7/c1-28-11-5-22(15-28)6-12-29(13-7-22)21-17-4-10-25-18(14-23)19(17)26-20(27-21)16-2-8-24-9-3-16/h2-4,8-10H,5-7,11-13,15H2,1H3. The van der Waals surface area contributed by atoms with Crippen molar-refractivity contribution in [1.82, 2.24) is 24.8 Å².